The van der Waals surface area contributed by atoms with Crippen molar-refractivity contribution in [1.29, 1.82) is 0 Å². The van der Waals surface area contributed by atoms with Gasteiger partial charge in [-0.3, -0.25) is 19.4 Å². The van der Waals surface area contributed by atoms with Crippen LogP contribution in [0.15, 0.2) is 48.5 Å². The van der Waals surface area contributed by atoms with Gasteiger partial charge in [0.2, 0.25) is 5.91 Å². The van der Waals surface area contributed by atoms with Gasteiger partial charge in [0.1, 0.15) is 16.6 Å². The van der Waals surface area contributed by atoms with Crippen LogP contribution >= 0.6 is 11.3 Å². The zero-order chi connectivity index (χ0) is 25.9. The molecule has 2 heterocycles. The highest BCUT2D eigenvalue weighted by molar-refractivity contribution is 7.17. The number of nitrogens with two attached hydrogens (primary N) is 1. The fourth-order valence-corrected chi connectivity index (χ4v) is 6.68. The molecule has 3 N–H and O–H groups in total. The molecule has 3 aromatic rings. The third-order valence-electron chi connectivity index (χ3n) is 7.18. The summed E-state index contributed by atoms with van der Waals surface area (Å²) in [7, 11) is 0. The number of thiophene rings is 1. The van der Waals surface area contributed by atoms with E-state index in [-0.39, 0.29) is 30.1 Å². The Labute approximate surface area is 219 Å². The number of benzene rings is 2. The van der Waals surface area contributed by atoms with Gasteiger partial charge >= 0.3 is 0 Å². The first-order valence-corrected chi connectivity index (χ1v) is 13.4. The molecule has 5 rings (SSSR count). The van der Waals surface area contributed by atoms with Crippen molar-refractivity contribution in [2.45, 2.75) is 31.7 Å². The van der Waals surface area contributed by atoms with E-state index in [1.54, 1.807) is 24.3 Å². The fourth-order valence-electron chi connectivity index (χ4n) is 5.37. The van der Waals surface area contributed by atoms with Crippen LogP contribution < -0.4 is 11.1 Å². The molecule has 0 atom stereocenters. The highest BCUT2D eigenvalue weighted by atomic mass is 32.1. The Kier molecular flexibility index (Phi) is 7.64. The zero-order valence-electron chi connectivity index (χ0n) is 20.5. The van der Waals surface area contributed by atoms with Gasteiger partial charge in [-0.2, -0.15) is 0 Å². The predicted octanol–water partition coefficient (Wildman–Crippen LogP) is 4.35. The molecule has 1 aromatic heterocycles. The molecule has 1 saturated heterocycles. The van der Waals surface area contributed by atoms with Gasteiger partial charge in [0.15, 0.2) is 0 Å². The largest absolute Gasteiger partial charge is 0.365 e. The van der Waals surface area contributed by atoms with Crippen molar-refractivity contribution in [3.05, 3.63) is 87.3 Å². The fraction of sp³-hybridized carbons (Fsp3) is 0.357. The highest BCUT2D eigenvalue weighted by Gasteiger charge is 2.29. The average molecular weight is 525 g/mol. The summed E-state index contributed by atoms with van der Waals surface area (Å²) in [6.07, 6.45) is 3.85. The maximum absolute atomic E-state index is 13.6. The van der Waals surface area contributed by atoms with Crippen LogP contribution in [0.2, 0.25) is 0 Å². The summed E-state index contributed by atoms with van der Waals surface area (Å²) in [6.45, 7) is 2.91. The van der Waals surface area contributed by atoms with Gasteiger partial charge in [0.25, 0.3) is 5.91 Å². The number of anilines is 1. The van der Waals surface area contributed by atoms with Crippen LogP contribution in [-0.4, -0.2) is 54.3 Å². The van der Waals surface area contributed by atoms with Crippen LogP contribution in [0.5, 0.6) is 0 Å². The number of carbonyl (C=O) groups is 2. The first kappa shape index (κ1) is 25.5. The van der Waals surface area contributed by atoms with Gasteiger partial charge < -0.3 is 11.1 Å². The molecule has 2 aromatic carbocycles. The Morgan fingerprint density at radius 1 is 0.892 bits per heavy atom. The summed E-state index contributed by atoms with van der Waals surface area (Å²) in [6, 6.07) is 12.7. The van der Waals surface area contributed by atoms with Crippen LogP contribution in [0.4, 0.5) is 13.8 Å². The van der Waals surface area contributed by atoms with Gasteiger partial charge in [-0.15, -0.1) is 11.3 Å². The molecule has 2 amide bonds. The van der Waals surface area contributed by atoms with E-state index in [1.807, 2.05) is 0 Å². The van der Waals surface area contributed by atoms with Crippen molar-refractivity contribution in [1.82, 2.24) is 9.80 Å². The number of hydrogen-bond acceptors (Lipinski definition) is 5. The van der Waals surface area contributed by atoms with Crippen molar-refractivity contribution in [3.8, 4) is 0 Å². The van der Waals surface area contributed by atoms with E-state index in [1.165, 1.54) is 35.6 Å². The summed E-state index contributed by atoms with van der Waals surface area (Å²) < 4.78 is 27.2. The molecule has 194 valence electrons. The van der Waals surface area contributed by atoms with Crippen LogP contribution in [0.3, 0.4) is 0 Å². The number of hydrogen-bond donors (Lipinski definition) is 2. The number of primary amides is 1. The predicted molar refractivity (Wildman–Crippen MR) is 141 cm³/mol. The Morgan fingerprint density at radius 3 is 2.03 bits per heavy atom. The zero-order valence-corrected chi connectivity index (χ0v) is 21.3. The Bertz CT molecular complexity index is 1220. The second-order valence-corrected chi connectivity index (χ2v) is 10.8. The minimum Gasteiger partial charge on any atom is -0.365 e. The lowest BCUT2D eigenvalue weighted by atomic mass is 9.95. The number of nitrogens with zero attached hydrogens (tertiary/aromatic N) is 2. The minimum atomic E-state index is -0.490. The summed E-state index contributed by atoms with van der Waals surface area (Å²) in [5.74, 6) is -1.26. The average Bonchev–Trinajstić information content (AvgIpc) is 3.25. The van der Waals surface area contributed by atoms with Crippen LogP contribution in [-0.2, 0) is 17.6 Å². The number of rotatable bonds is 7. The summed E-state index contributed by atoms with van der Waals surface area (Å²) >= 11 is 1.47. The monoisotopic (exact) mass is 524 g/mol. The number of piperazine rings is 1. The molecule has 0 radical (unpaired) electrons. The molecule has 1 aliphatic carbocycles. The van der Waals surface area contributed by atoms with E-state index in [9.17, 15) is 18.4 Å². The second kappa shape index (κ2) is 11.1. The Hall–Kier alpha value is -3.14. The highest BCUT2D eigenvalue weighted by Crippen LogP contribution is 2.38. The van der Waals surface area contributed by atoms with Crippen molar-refractivity contribution in [2.75, 3.05) is 38.0 Å². The van der Waals surface area contributed by atoms with Crippen molar-refractivity contribution < 1.29 is 18.4 Å². The van der Waals surface area contributed by atoms with E-state index < -0.39 is 5.91 Å². The van der Waals surface area contributed by atoms with Gasteiger partial charge in [-0.25, -0.2) is 8.78 Å². The van der Waals surface area contributed by atoms with Crippen LogP contribution in [0.1, 0.15) is 50.8 Å². The van der Waals surface area contributed by atoms with Crippen LogP contribution in [0, 0.1) is 11.6 Å². The lowest BCUT2D eigenvalue weighted by molar-refractivity contribution is -0.117. The standard InChI is InChI=1S/C28H30F2N4O2S/c29-20-9-5-18(6-10-20)26(19-7-11-21(30)12-8-19)34-15-13-33(14-16-34)17-24(35)32-28-25(27(31)36)22-3-1-2-4-23(22)37-28/h5-12,26H,1-4,13-17H2,(H2,31,36)(H,32,35). The topological polar surface area (TPSA) is 78.7 Å². The Balaban J connectivity index is 1.24. The molecular weight excluding hydrogens is 494 g/mol. The molecule has 0 saturated carbocycles. The molecule has 6 nitrogen and oxygen atoms in total. The van der Waals surface area contributed by atoms with Gasteiger partial charge in [-0.05, 0) is 66.6 Å². The number of carbonyl (C=O) groups excluding carboxylic acids is 2. The van der Waals surface area contributed by atoms with Gasteiger partial charge in [0.05, 0.1) is 18.2 Å². The second-order valence-electron chi connectivity index (χ2n) is 9.65. The molecule has 2 aliphatic rings. The lowest BCUT2D eigenvalue weighted by Crippen LogP contribution is -2.49. The van der Waals surface area contributed by atoms with Gasteiger partial charge in [-0.1, -0.05) is 24.3 Å². The first-order valence-electron chi connectivity index (χ1n) is 12.6. The van der Waals surface area contributed by atoms with Crippen molar-refractivity contribution in [2.24, 2.45) is 5.73 Å². The molecule has 9 heteroatoms. The minimum absolute atomic E-state index is 0.146. The number of halogens is 2. The Morgan fingerprint density at radius 2 is 1.46 bits per heavy atom. The number of aryl methyl sites for hydroxylation is 1. The molecule has 0 bridgehead atoms. The first-order chi connectivity index (χ1) is 17.9. The molecule has 1 fully saturated rings. The molecule has 37 heavy (non-hydrogen) atoms. The van der Waals surface area contributed by atoms with Crippen molar-refractivity contribution >= 4 is 28.2 Å². The SMILES string of the molecule is NC(=O)c1c(NC(=O)CN2CCN(C(c3ccc(F)cc3)c3ccc(F)cc3)CC2)sc2c1CCCC2. The van der Waals surface area contributed by atoms with E-state index in [0.29, 0.717) is 36.7 Å². The van der Waals surface area contributed by atoms with E-state index >= 15 is 0 Å². The summed E-state index contributed by atoms with van der Waals surface area (Å²) in [4.78, 5) is 30.5. The number of nitrogens with one attached hydrogen (secondary N) is 1. The normalized spacial score (nSPS) is 16.5. The van der Waals surface area contributed by atoms with Crippen LogP contribution in [0.25, 0.3) is 0 Å². The van der Waals surface area contributed by atoms with E-state index in [2.05, 4.69) is 15.1 Å². The maximum Gasteiger partial charge on any atom is 0.251 e. The molecular formula is C28H30F2N4O2S. The molecule has 0 spiro atoms. The number of fused-ring (bicyclic) bond motifs is 1. The maximum atomic E-state index is 13.6. The van der Waals surface area contributed by atoms with Crippen molar-refractivity contribution in [3.63, 3.8) is 0 Å². The van der Waals surface area contributed by atoms with E-state index in [0.717, 1.165) is 47.3 Å². The smallest absolute Gasteiger partial charge is 0.251 e. The number of amides is 2. The summed E-state index contributed by atoms with van der Waals surface area (Å²) in [5, 5.41) is 3.51. The van der Waals surface area contributed by atoms with E-state index in [4.69, 9.17) is 5.73 Å². The third kappa shape index (κ3) is 5.74. The van der Waals surface area contributed by atoms with Gasteiger partial charge in [0, 0.05) is 31.1 Å². The summed E-state index contributed by atoms with van der Waals surface area (Å²) in [5.41, 5.74) is 8.99. The quantitative estimate of drug-likeness (QED) is 0.482. The molecule has 0 unspecified atom stereocenters. The molecule has 1 aliphatic heterocycles. The third-order valence-corrected chi connectivity index (χ3v) is 8.39. The lowest BCUT2D eigenvalue weighted by Gasteiger charge is -2.39.